The maximum atomic E-state index is 12.3. The van der Waals surface area contributed by atoms with Gasteiger partial charge in [-0.1, -0.05) is 0 Å². The van der Waals surface area contributed by atoms with Gasteiger partial charge in [0.2, 0.25) is 5.90 Å². The number of alkyl halides is 3. The van der Waals surface area contributed by atoms with E-state index >= 15 is 0 Å². The number of nitrogens with one attached hydrogen (secondary N) is 1. The molecular formula is C10H8F3N3O3. The molecule has 0 radical (unpaired) electrons. The van der Waals surface area contributed by atoms with Crippen molar-refractivity contribution in [2.75, 3.05) is 6.61 Å². The summed E-state index contributed by atoms with van der Waals surface area (Å²) in [7, 11) is 0. The highest BCUT2D eigenvalue weighted by Crippen LogP contribution is 2.27. The number of carbonyl (C=O) groups is 1. The Bertz CT molecular complexity index is 513. The second-order valence-electron chi connectivity index (χ2n) is 3.67. The van der Waals surface area contributed by atoms with E-state index in [9.17, 15) is 18.0 Å². The predicted molar refractivity (Wildman–Crippen MR) is 55.4 cm³/mol. The van der Waals surface area contributed by atoms with Crippen LogP contribution in [-0.2, 0) is 15.7 Å². The molecule has 102 valence electrons. The molecule has 0 fully saturated rings. The lowest BCUT2D eigenvalue weighted by atomic mass is 10.2. The number of rotatable bonds is 2. The average molecular weight is 275 g/mol. The second kappa shape index (κ2) is 4.84. The van der Waals surface area contributed by atoms with Gasteiger partial charge in [-0.25, -0.2) is 10.5 Å². The summed E-state index contributed by atoms with van der Waals surface area (Å²) in [5, 5.41) is 8.42. The molecule has 1 aliphatic heterocycles. The third kappa shape index (κ3) is 2.81. The zero-order valence-electron chi connectivity index (χ0n) is 9.31. The first-order valence-electron chi connectivity index (χ1n) is 5.10. The van der Waals surface area contributed by atoms with E-state index in [1.54, 1.807) is 0 Å². The summed E-state index contributed by atoms with van der Waals surface area (Å²) in [6.07, 6.45) is -3.56. The standard InChI is InChI=1S/C10H8F3N3O3/c11-10(12,13)7-2-1-5(3-14-7)9-15-6(4-19-9)8(17)16-18/h1-3,6,18H,4H2,(H,16,17)/t6-/m1/s1. The highest BCUT2D eigenvalue weighted by Gasteiger charge is 2.33. The zero-order valence-corrected chi connectivity index (χ0v) is 9.31. The molecule has 0 unspecified atom stereocenters. The van der Waals surface area contributed by atoms with Crippen molar-refractivity contribution in [2.45, 2.75) is 12.2 Å². The number of ether oxygens (including phenoxy) is 1. The number of halogens is 3. The van der Waals surface area contributed by atoms with Crippen molar-refractivity contribution in [1.82, 2.24) is 10.5 Å². The summed E-state index contributed by atoms with van der Waals surface area (Å²) in [5.41, 5.74) is 0.613. The maximum Gasteiger partial charge on any atom is 0.433 e. The molecule has 1 amide bonds. The van der Waals surface area contributed by atoms with E-state index in [1.165, 1.54) is 5.48 Å². The van der Waals surface area contributed by atoms with Crippen LogP contribution in [0.5, 0.6) is 0 Å². The van der Waals surface area contributed by atoms with Crippen LogP contribution in [0, 0.1) is 0 Å². The van der Waals surface area contributed by atoms with E-state index in [2.05, 4.69) is 9.98 Å². The number of aromatic nitrogens is 1. The third-order valence-corrected chi connectivity index (χ3v) is 2.36. The number of carbonyl (C=O) groups excluding carboxylic acids is 1. The van der Waals surface area contributed by atoms with Crippen LogP contribution in [0.25, 0.3) is 0 Å². The summed E-state index contributed by atoms with van der Waals surface area (Å²) < 4.78 is 42.0. The highest BCUT2D eigenvalue weighted by molar-refractivity contribution is 5.97. The lowest BCUT2D eigenvalue weighted by Gasteiger charge is -2.06. The fourth-order valence-corrected chi connectivity index (χ4v) is 1.43. The minimum Gasteiger partial charge on any atom is -0.475 e. The van der Waals surface area contributed by atoms with E-state index in [1.807, 2.05) is 0 Å². The first kappa shape index (κ1) is 13.3. The van der Waals surface area contributed by atoms with Gasteiger partial charge >= 0.3 is 6.18 Å². The average Bonchev–Trinajstić information content (AvgIpc) is 2.86. The second-order valence-corrected chi connectivity index (χ2v) is 3.67. The minimum atomic E-state index is -4.52. The molecule has 0 aliphatic carbocycles. The summed E-state index contributed by atoms with van der Waals surface area (Å²) in [4.78, 5) is 18.1. The Kier molecular flexibility index (Phi) is 3.38. The Morgan fingerprint density at radius 3 is 2.74 bits per heavy atom. The summed E-state index contributed by atoms with van der Waals surface area (Å²) in [6.45, 7) is -0.0945. The molecule has 1 aromatic heterocycles. The molecular weight excluding hydrogens is 267 g/mol. The van der Waals surface area contributed by atoms with Gasteiger partial charge in [0, 0.05) is 6.20 Å². The fourth-order valence-electron chi connectivity index (χ4n) is 1.43. The Balaban J connectivity index is 2.18. The van der Waals surface area contributed by atoms with Crippen molar-refractivity contribution in [1.29, 1.82) is 0 Å². The van der Waals surface area contributed by atoms with Crippen molar-refractivity contribution in [3.63, 3.8) is 0 Å². The smallest absolute Gasteiger partial charge is 0.433 e. The Morgan fingerprint density at radius 2 is 2.21 bits per heavy atom. The zero-order chi connectivity index (χ0) is 14.0. The molecule has 2 rings (SSSR count). The number of pyridine rings is 1. The number of hydrogen-bond acceptors (Lipinski definition) is 5. The molecule has 0 bridgehead atoms. The van der Waals surface area contributed by atoms with Gasteiger partial charge in [-0.05, 0) is 12.1 Å². The fraction of sp³-hybridized carbons (Fsp3) is 0.300. The van der Waals surface area contributed by atoms with Gasteiger partial charge < -0.3 is 4.74 Å². The van der Waals surface area contributed by atoms with Crippen molar-refractivity contribution in [3.05, 3.63) is 29.6 Å². The topological polar surface area (TPSA) is 83.8 Å². The van der Waals surface area contributed by atoms with Gasteiger partial charge in [0.25, 0.3) is 5.91 Å². The molecule has 0 saturated carbocycles. The lowest BCUT2D eigenvalue weighted by Crippen LogP contribution is -2.31. The molecule has 1 aliphatic rings. The first-order chi connectivity index (χ1) is 8.91. The molecule has 6 nitrogen and oxygen atoms in total. The Morgan fingerprint density at radius 1 is 1.47 bits per heavy atom. The normalized spacial score (nSPS) is 18.7. The molecule has 2 N–H and O–H groups in total. The van der Waals surface area contributed by atoms with Gasteiger partial charge in [0.05, 0.1) is 5.56 Å². The van der Waals surface area contributed by atoms with Crippen LogP contribution >= 0.6 is 0 Å². The van der Waals surface area contributed by atoms with E-state index in [4.69, 9.17) is 9.94 Å². The van der Waals surface area contributed by atoms with Crippen molar-refractivity contribution >= 4 is 11.8 Å². The van der Waals surface area contributed by atoms with Gasteiger partial charge in [-0.15, -0.1) is 0 Å². The summed E-state index contributed by atoms with van der Waals surface area (Å²) in [6, 6.07) is 1.01. The van der Waals surface area contributed by atoms with E-state index < -0.39 is 23.8 Å². The molecule has 19 heavy (non-hydrogen) atoms. The van der Waals surface area contributed by atoms with Gasteiger partial charge in [0.1, 0.15) is 12.3 Å². The van der Waals surface area contributed by atoms with E-state index in [0.29, 0.717) is 0 Å². The van der Waals surface area contributed by atoms with Crippen molar-refractivity contribution in [2.24, 2.45) is 4.99 Å². The molecule has 0 aromatic carbocycles. The minimum absolute atomic E-state index is 0.00910. The van der Waals surface area contributed by atoms with Crippen LogP contribution < -0.4 is 5.48 Å². The predicted octanol–water partition coefficient (Wildman–Crippen LogP) is 0.751. The number of nitrogens with zero attached hydrogens (tertiary/aromatic N) is 2. The monoisotopic (exact) mass is 275 g/mol. The van der Waals surface area contributed by atoms with E-state index in [0.717, 1.165) is 18.3 Å². The largest absolute Gasteiger partial charge is 0.475 e. The molecule has 9 heteroatoms. The lowest BCUT2D eigenvalue weighted by molar-refractivity contribution is -0.141. The maximum absolute atomic E-state index is 12.3. The molecule has 2 heterocycles. The Hall–Kier alpha value is -2.16. The number of aliphatic imine (C=N–C) groups is 1. The van der Waals surface area contributed by atoms with Crippen LogP contribution in [0.3, 0.4) is 0 Å². The number of hydrogen-bond donors (Lipinski definition) is 2. The van der Waals surface area contributed by atoms with Crippen LogP contribution in [0.1, 0.15) is 11.3 Å². The number of amides is 1. The molecule has 1 atom stereocenters. The van der Waals surface area contributed by atoms with Gasteiger partial charge in [-0.3, -0.25) is 15.0 Å². The molecule has 0 spiro atoms. The van der Waals surface area contributed by atoms with Gasteiger partial charge in [-0.2, -0.15) is 13.2 Å². The van der Waals surface area contributed by atoms with Crippen LogP contribution in [0.2, 0.25) is 0 Å². The van der Waals surface area contributed by atoms with Crippen LogP contribution in [0.4, 0.5) is 13.2 Å². The molecule has 0 saturated heterocycles. The highest BCUT2D eigenvalue weighted by atomic mass is 19.4. The SMILES string of the molecule is O=C(NO)[C@H]1COC(c2ccc(C(F)(F)F)nc2)=N1. The third-order valence-electron chi connectivity index (χ3n) is 2.36. The first-order valence-corrected chi connectivity index (χ1v) is 5.10. The number of hydroxylamine groups is 1. The van der Waals surface area contributed by atoms with Gasteiger partial charge in [0.15, 0.2) is 6.04 Å². The summed E-state index contributed by atoms with van der Waals surface area (Å²) in [5.74, 6) is -0.746. The van der Waals surface area contributed by atoms with E-state index in [-0.39, 0.29) is 18.1 Å². The Labute approximate surface area is 104 Å². The van der Waals surface area contributed by atoms with Crippen LogP contribution in [-0.4, -0.2) is 34.6 Å². The van der Waals surface area contributed by atoms with Crippen molar-refractivity contribution in [3.8, 4) is 0 Å². The quantitative estimate of drug-likeness (QED) is 0.616. The summed E-state index contributed by atoms with van der Waals surface area (Å²) >= 11 is 0. The molecule has 1 aromatic rings. The van der Waals surface area contributed by atoms with Crippen LogP contribution in [0.15, 0.2) is 23.3 Å². The van der Waals surface area contributed by atoms with Crippen molar-refractivity contribution < 1.29 is 27.9 Å².